The number of ketones is 1. The summed E-state index contributed by atoms with van der Waals surface area (Å²) in [7, 11) is 0. The molecule has 4 nitrogen and oxygen atoms in total. The Labute approximate surface area is 196 Å². The molecule has 0 saturated carbocycles. The molecule has 1 atom stereocenters. The van der Waals surface area contributed by atoms with Crippen molar-refractivity contribution in [3.05, 3.63) is 105 Å². The van der Waals surface area contributed by atoms with Crippen LogP contribution < -0.4 is 4.90 Å². The number of carbonyl (C=O) groups is 2. The van der Waals surface area contributed by atoms with Crippen LogP contribution in [0.1, 0.15) is 34.2 Å². The summed E-state index contributed by atoms with van der Waals surface area (Å²) in [5.41, 5.74) is 3.22. The third-order valence-electron chi connectivity index (χ3n) is 5.82. The first kappa shape index (κ1) is 22.2. The van der Waals surface area contributed by atoms with E-state index >= 15 is 0 Å². The molecule has 1 aliphatic heterocycles. The van der Waals surface area contributed by atoms with Gasteiger partial charge in [0.15, 0.2) is 11.4 Å². The topological polar surface area (TPSA) is 57.6 Å². The number of fused-ring (bicyclic) bond motifs is 1. The Morgan fingerprint density at radius 2 is 1.81 bits per heavy atom. The monoisotopic (exact) mass is 489 g/mol. The summed E-state index contributed by atoms with van der Waals surface area (Å²) in [5, 5.41) is 11.5. The van der Waals surface area contributed by atoms with E-state index in [9.17, 15) is 14.7 Å². The van der Waals surface area contributed by atoms with Gasteiger partial charge in [0.1, 0.15) is 0 Å². The summed E-state index contributed by atoms with van der Waals surface area (Å²) in [4.78, 5) is 27.8. The lowest BCUT2D eigenvalue weighted by atomic mass is 9.89. The van der Waals surface area contributed by atoms with Crippen molar-refractivity contribution in [3.63, 3.8) is 0 Å². The molecule has 0 saturated heterocycles. The van der Waals surface area contributed by atoms with E-state index in [-0.39, 0.29) is 12.2 Å². The molecule has 3 aromatic carbocycles. The van der Waals surface area contributed by atoms with E-state index in [2.05, 4.69) is 15.9 Å². The fraction of sp³-hybridized carbons (Fsp3) is 0.185. The molecule has 1 aliphatic rings. The highest BCUT2D eigenvalue weighted by Gasteiger charge is 2.50. The van der Waals surface area contributed by atoms with Crippen LogP contribution in [0.5, 0.6) is 0 Å². The Morgan fingerprint density at radius 1 is 1.06 bits per heavy atom. The molecule has 0 unspecified atom stereocenters. The lowest BCUT2D eigenvalue weighted by Gasteiger charge is -2.23. The first-order valence-electron chi connectivity index (χ1n) is 10.4. The molecule has 162 valence electrons. The van der Waals surface area contributed by atoms with Crippen molar-refractivity contribution in [2.45, 2.75) is 32.4 Å². The third kappa shape index (κ3) is 4.31. The first-order valence-corrected chi connectivity index (χ1v) is 11.2. The van der Waals surface area contributed by atoms with E-state index in [0.717, 1.165) is 26.7 Å². The predicted octanol–water partition coefficient (Wildman–Crippen LogP) is 5.47. The smallest absolute Gasteiger partial charge is 0.264 e. The summed E-state index contributed by atoms with van der Waals surface area (Å²) >= 11 is 3.43. The zero-order valence-corrected chi connectivity index (χ0v) is 19.6. The standard InChI is InChI=1S/C27H24BrNO3/c1-18-8-9-19(2)21(14-18)17-29-25-13-11-22(28)15-24(25)27(32,26(29)31)16-23(30)12-10-20-6-4-3-5-7-20/h3-15,32H,16-17H2,1-2H3/b12-10+/t27-/m1/s1. The van der Waals surface area contributed by atoms with Crippen molar-refractivity contribution >= 4 is 39.4 Å². The van der Waals surface area contributed by atoms with Gasteiger partial charge in [-0.1, -0.05) is 76.1 Å². The summed E-state index contributed by atoms with van der Waals surface area (Å²) in [6.07, 6.45) is 2.80. The van der Waals surface area contributed by atoms with Gasteiger partial charge < -0.3 is 10.0 Å². The number of aryl methyl sites for hydroxylation is 2. The van der Waals surface area contributed by atoms with Gasteiger partial charge in [-0.3, -0.25) is 9.59 Å². The van der Waals surface area contributed by atoms with Crippen molar-refractivity contribution in [1.82, 2.24) is 0 Å². The van der Waals surface area contributed by atoms with Crippen LogP contribution in [0.25, 0.3) is 6.08 Å². The van der Waals surface area contributed by atoms with E-state index < -0.39 is 11.5 Å². The van der Waals surface area contributed by atoms with Gasteiger partial charge in [0.25, 0.3) is 5.91 Å². The van der Waals surface area contributed by atoms with E-state index in [1.165, 1.54) is 6.08 Å². The molecule has 3 aromatic rings. The molecule has 0 fully saturated rings. The molecule has 1 amide bonds. The summed E-state index contributed by atoms with van der Waals surface area (Å²) in [6.45, 7) is 4.34. The average Bonchev–Trinajstić information content (AvgIpc) is 2.97. The van der Waals surface area contributed by atoms with Crippen molar-refractivity contribution in [3.8, 4) is 0 Å². The van der Waals surface area contributed by atoms with Gasteiger partial charge in [-0.15, -0.1) is 0 Å². The second-order valence-corrected chi connectivity index (χ2v) is 9.15. The first-order chi connectivity index (χ1) is 15.3. The number of allylic oxidation sites excluding steroid dienone is 1. The molecule has 32 heavy (non-hydrogen) atoms. The van der Waals surface area contributed by atoms with Crippen LogP contribution in [-0.4, -0.2) is 16.8 Å². The number of rotatable bonds is 6. The minimum absolute atomic E-state index is 0.316. The maximum Gasteiger partial charge on any atom is 0.264 e. The molecule has 0 aliphatic carbocycles. The second kappa shape index (κ2) is 8.85. The quantitative estimate of drug-likeness (QED) is 0.466. The third-order valence-corrected chi connectivity index (χ3v) is 6.31. The molecular weight excluding hydrogens is 466 g/mol. The lowest BCUT2D eigenvalue weighted by molar-refractivity contribution is -0.140. The van der Waals surface area contributed by atoms with Gasteiger partial charge in [-0.2, -0.15) is 0 Å². The zero-order valence-electron chi connectivity index (χ0n) is 18.0. The lowest BCUT2D eigenvalue weighted by Crippen LogP contribution is -2.41. The number of benzene rings is 3. The van der Waals surface area contributed by atoms with Gasteiger partial charge in [-0.25, -0.2) is 0 Å². The van der Waals surface area contributed by atoms with Crippen LogP contribution in [0, 0.1) is 13.8 Å². The number of nitrogens with zero attached hydrogens (tertiary/aromatic N) is 1. The number of aliphatic hydroxyl groups is 1. The van der Waals surface area contributed by atoms with Crippen LogP contribution in [0.15, 0.2) is 77.3 Å². The maximum absolute atomic E-state index is 13.5. The molecule has 0 aromatic heterocycles. The summed E-state index contributed by atoms with van der Waals surface area (Å²) in [5.74, 6) is -0.794. The fourth-order valence-corrected chi connectivity index (χ4v) is 4.42. The Bertz CT molecular complexity index is 1220. The number of anilines is 1. The molecule has 4 rings (SSSR count). The maximum atomic E-state index is 13.5. The van der Waals surface area contributed by atoms with Crippen molar-refractivity contribution < 1.29 is 14.7 Å². The fourth-order valence-electron chi connectivity index (χ4n) is 4.06. The van der Waals surface area contributed by atoms with Crippen LogP contribution in [0.2, 0.25) is 0 Å². The van der Waals surface area contributed by atoms with Gasteiger partial charge in [0.05, 0.1) is 18.7 Å². The van der Waals surface area contributed by atoms with Gasteiger partial charge in [0.2, 0.25) is 0 Å². The van der Waals surface area contributed by atoms with E-state index in [4.69, 9.17) is 0 Å². The average molecular weight is 490 g/mol. The zero-order chi connectivity index (χ0) is 22.9. The Kier molecular flexibility index (Phi) is 6.13. The molecule has 1 heterocycles. The number of halogens is 1. The van der Waals surface area contributed by atoms with Crippen LogP contribution >= 0.6 is 15.9 Å². The minimum Gasteiger partial charge on any atom is -0.375 e. The van der Waals surface area contributed by atoms with Gasteiger partial charge in [0, 0.05) is 10.0 Å². The number of amides is 1. The van der Waals surface area contributed by atoms with E-state index in [0.29, 0.717) is 17.8 Å². The molecule has 0 spiro atoms. The van der Waals surface area contributed by atoms with E-state index in [1.807, 2.05) is 74.5 Å². The summed E-state index contributed by atoms with van der Waals surface area (Å²) < 4.78 is 0.739. The highest BCUT2D eigenvalue weighted by Crippen LogP contribution is 2.44. The number of hydrogen-bond donors (Lipinski definition) is 1. The SMILES string of the molecule is Cc1ccc(C)c(CN2C(=O)[C@@](O)(CC(=O)/C=C/c3ccccc3)c3cc(Br)ccc32)c1. The Hall–Kier alpha value is -3.02. The second-order valence-electron chi connectivity index (χ2n) is 8.23. The highest BCUT2D eigenvalue weighted by molar-refractivity contribution is 9.10. The van der Waals surface area contributed by atoms with Crippen LogP contribution in [-0.2, 0) is 21.7 Å². The normalized spacial score (nSPS) is 17.8. The molecule has 0 radical (unpaired) electrons. The largest absolute Gasteiger partial charge is 0.375 e. The van der Waals surface area contributed by atoms with E-state index in [1.54, 1.807) is 17.0 Å². The van der Waals surface area contributed by atoms with Gasteiger partial charge in [-0.05, 0) is 54.8 Å². The molecule has 0 bridgehead atoms. The highest BCUT2D eigenvalue weighted by atomic mass is 79.9. The minimum atomic E-state index is -1.91. The Morgan fingerprint density at radius 3 is 2.56 bits per heavy atom. The van der Waals surface area contributed by atoms with Crippen LogP contribution in [0.4, 0.5) is 5.69 Å². The predicted molar refractivity (Wildman–Crippen MR) is 130 cm³/mol. The van der Waals surface area contributed by atoms with Crippen molar-refractivity contribution in [2.75, 3.05) is 4.90 Å². The molecular formula is C27H24BrNO3. The van der Waals surface area contributed by atoms with Crippen molar-refractivity contribution in [1.29, 1.82) is 0 Å². The number of carbonyl (C=O) groups excluding carboxylic acids is 2. The molecule has 1 N–H and O–H groups in total. The van der Waals surface area contributed by atoms with Crippen LogP contribution in [0.3, 0.4) is 0 Å². The Balaban J connectivity index is 1.66. The summed E-state index contributed by atoms with van der Waals surface area (Å²) in [6, 6.07) is 20.9. The molecule has 5 heteroatoms. The van der Waals surface area contributed by atoms with Gasteiger partial charge >= 0.3 is 0 Å². The van der Waals surface area contributed by atoms with Crippen molar-refractivity contribution in [2.24, 2.45) is 0 Å². The number of hydrogen-bond acceptors (Lipinski definition) is 3.